The average molecular weight is 296 g/mol. The molecule has 4 rings (SSSR count). The molecular weight excluding hydrogens is 276 g/mol. The van der Waals surface area contributed by atoms with Crippen molar-refractivity contribution >= 4 is 0 Å². The lowest BCUT2D eigenvalue weighted by Crippen LogP contribution is -2.37. The molecule has 114 valence electrons. The van der Waals surface area contributed by atoms with E-state index in [2.05, 4.69) is 28.0 Å². The third kappa shape index (κ3) is 2.31. The maximum absolute atomic E-state index is 13.3. The maximum Gasteiger partial charge on any atom is 0.213 e. The van der Waals surface area contributed by atoms with E-state index in [0.29, 0.717) is 23.7 Å². The molecule has 2 bridgehead atoms. The van der Waals surface area contributed by atoms with E-state index in [0.717, 1.165) is 5.56 Å². The van der Waals surface area contributed by atoms with Crippen molar-refractivity contribution in [3.8, 4) is 11.3 Å². The number of hydrogen-bond acceptors (Lipinski definition) is 3. The van der Waals surface area contributed by atoms with Gasteiger partial charge in [-0.3, -0.25) is 9.88 Å². The van der Waals surface area contributed by atoms with Crippen LogP contribution in [0.4, 0.5) is 4.39 Å². The highest BCUT2D eigenvalue weighted by atomic mass is 18.2. The summed E-state index contributed by atoms with van der Waals surface area (Å²) in [5.74, 6) is 0.0952. The fourth-order valence-corrected chi connectivity index (χ4v) is 4.19. The zero-order valence-electron chi connectivity index (χ0n) is 12.7. The number of piperidine rings is 1. The van der Waals surface area contributed by atoms with Gasteiger partial charge < -0.3 is 0 Å². The molecule has 3 atom stereocenters. The number of rotatable bonds is 2. The van der Waals surface area contributed by atoms with E-state index < -0.39 is 5.95 Å². The molecule has 2 aliphatic rings. The van der Waals surface area contributed by atoms with Crippen LogP contribution in [0.2, 0.25) is 0 Å². The van der Waals surface area contributed by atoms with E-state index in [1.165, 1.54) is 37.3 Å². The topological polar surface area (TPSA) is 29.0 Å². The molecule has 2 aromatic heterocycles. The molecule has 0 radical (unpaired) electrons. The second kappa shape index (κ2) is 5.43. The lowest BCUT2D eigenvalue weighted by molar-refractivity contribution is 0.174. The van der Waals surface area contributed by atoms with Crippen molar-refractivity contribution in [1.29, 1.82) is 0 Å². The molecule has 4 heterocycles. The highest BCUT2D eigenvalue weighted by Gasteiger charge is 2.41. The van der Waals surface area contributed by atoms with E-state index in [1.54, 1.807) is 12.3 Å². The fraction of sp³-hybridized carbons (Fsp3) is 0.444. The van der Waals surface area contributed by atoms with Crippen LogP contribution in [-0.2, 0) is 0 Å². The summed E-state index contributed by atoms with van der Waals surface area (Å²) in [5, 5.41) is 0. The van der Waals surface area contributed by atoms with Gasteiger partial charge in [-0.1, -0.05) is 12.5 Å². The fourth-order valence-electron chi connectivity index (χ4n) is 4.19. The van der Waals surface area contributed by atoms with Crippen molar-refractivity contribution in [3.05, 3.63) is 48.2 Å². The van der Waals surface area contributed by atoms with Crippen LogP contribution in [0.3, 0.4) is 0 Å². The van der Waals surface area contributed by atoms with Gasteiger partial charge in [-0.05, 0) is 50.1 Å². The number of hydrogen-bond donors (Lipinski definition) is 0. The molecule has 0 N–H and O–H groups in total. The minimum absolute atomic E-state index is 0.445. The van der Waals surface area contributed by atoms with Gasteiger partial charge in [0.1, 0.15) is 0 Å². The molecule has 4 heteroatoms. The maximum atomic E-state index is 13.3. The SMILES string of the molecule is CN1C2CCCC1C(c1cncc(-c3cccc([18F])n3)c1)C2. The number of aromatic nitrogens is 2. The summed E-state index contributed by atoms with van der Waals surface area (Å²) in [5.41, 5.74) is 2.83. The Balaban J connectivity index is 1.68. The first-order valence-electron chi connectivity index (χ1n) is 8.02. The Bertz CT molecular complexity index is 688. The largest absolute Gasteiger partial charge is 0.300 e. The zero-order chi connectivity index (χ0) is 15.1. The second-order valence-corrected chi connectivity index (χ2v) is 6.51. The van der Waals surface area contributed by atoms with Gasteiger partial charge in [0.05, 0.1) is 5.69 Å². The number of pyridine rings is 2. The van der Waals surface area contributed by atoms with Crippen LogP contribution >= 0.6 is 0 Å². The summed E-state index contributed by atoms with van der Waals surface area (Å²) in [6, 6.07) is 8.38. The highest BCUT2D eigenvalue weighted by molar-refractivity contribution is 5.58. The molecular formula is C18H20FN3. The normalized spacial score (nSPS) is 28.0. The standard InChI is InChI=1S/C18H20FN3/c1-22-14-4-2-6-17(22)15(9-14)12-8-13(11-20-10-12)16-5-3-7-18(19)21-16/h3,5,7-8,10-11,14-15,17H,2,4,6,9H2,1H3/i19-1. The molecule has 2 aliphatic heterocycles. The van der Waals surface area contributed by atoms with E-state index in [1.807, 2.05) is 12.3 Å². The van der Waals surface area contributed by atoms with Gasteiger partial charge in [-0.2, -0.15) is 4.39 Å². The van der Waals surface area contributed by atoms with E-state index >= 15 is 0 Å². The van der Waals surface area contributed by atoms with Gasteiger partial charge in [0.2, 0.25) is 5.95 Å². The van der Waals surface area contributed by atoms with Gasteiger partial charge in [-0.25, -0.2) is 4.98 Å². The first kappa shape index (κ1) is 13.8. The van der Waals surface area contributed by atoms with Crippen molar-refractivity contribution in [1.82, 2.24) is 14.9 Å². The first-order chi connectivity index (χ1) is 10.7. The highest BCUT2D eigenvalue weighted by Crippen LogP contribution is 2.44. The molecule has 0 aliphatic carbocycles. The zero-order valence-corrected chi connectivity index (χ0v) is 12.7. The lowest BCUT2D eigenvalue weighted by Gasteiger charge is -2.32. The molecule has 2 saturated heterocycles. The number of nitrogens with zero attached hydrogens (tertiary/aromatic N) is 3. The van der Waals surface area contributed by atoms with E-state index in [9.17, 15) is 4.39 Å². The Kier molecular flexibility index (Phi) is 3.41. The van der Waals surface area contributed by atoms with Crippen molar-refractivity contribution in [3.63, 3.8) is 0 Å². The average Bonchev–Trinajstić information content (AvgIpc) is 2.73. The van der Waals surface area contributed by atoms with Crippen molar-refractivity contribution in [2.45, 2.75) is 43.7 Å². The van der Waals surface area contributed by atoms with Crippen LogP contribution in [0.5, 0.6) is 0 Å². The minimum Gasteiger partial charge on any atom is -0.300 e. The van der Waals surface area contributed by atoms with Crippen LogP contribution in [0, 0.1) is 5.95 Å². The molecule has 0 saturated carbocycles. The van der Waals surface area contributed by atoms with Gasteiger partial charge >= 0.3 is 0 Å². The Hall–Kier alpha value is -1.81. The van der Waals surface area contributed by atoms with Crippen LogP contribution in [0.15, 0.2) is 36.7 Å². The predicted octanol–water partition coefficient (Wildman–Crippen LogP) is 3.62. The third-order valence-electron chi connectivity index (χ3n) is 5.33. The number of fused-ring (bicyclic) bond motifs is 2. The Morgan fingerprint density at radius 2 is 2.14 bits per heavy atom. The minimum atomic E-state index is -0.445. The molecule has 3 unspecified atom stereocenters. The molecule has 2 aromatic rings. The quantitative estimate of drug-likeness (QED) is 0.793. The Labute approximate surface area is 130 Å². The van der Waals surface area contributed by atoms with E-state index in [4.69, 9.17) is 0 Å². The molecule has 0 amide bonds. The first-order valence-corrected chi connectivity index (χ1v) is 8.02. The van der Waals surface area contributed by atoms with Crippen molar-refractivity contribution in [2.75, 3.05) is 7.05 Å². The summed E-state index contributed by atoms with van der Waals surface area (Å²) < 4.78 is 13.3. The van der Waals surface area contributed by atoms with Crippen LogP contribution in [-0.4, -0.2) is 34.0 Å². The Morgan fingerprint density at radius 3 is 2.95 bits per heavy atom. The monoisotopic (exact) mass is 296 g/mol. The number of halogens is 1. The lowest BCUT2D eigenvalue weighted by atomic mass is 9.90. The molecule has 2 fully saturated rings. The van der Waals surface area contributed by atoms with Crippen LogP contribution in [0.25, 0.3) is 11.3 Å². The van der Waals surface area contributed by atoms with Crippen molar-refractivity contribution in [2.24, 2.45) is 0 Å². The van der Waals surface area contributed by atoms with Gasteiger partial charge in [-0.15, -0.1) is 0 Å². The van der Waals surface area contributed by atoms with Crippen molar-refractivity contribution < 1.29 is 4.39 Å². The molecule has 0 aromatic carbocycles. The molecule has 0 spiro atoms. The smallest absolute Gasteiger partial charge is 0.213 e. The summed E-state index contributed by atoms with van der Waals surface area (Å²) in [6.45, 7) is 0. The number of likely N-dealkylation sites (N-methyl/N-ethyl adjacent to an activating group) is 1. The molecule has 22 heavy (non-hydrogen) atoms. The predicted molar refractivity (Wildman–Crippen MR) is 84.0 cm³/mol. The van der Waals surface area contributed by atoms with Crippen LogP contribution < -0.4 is 0 Å². The summed E-state index contributed by atoms with van der Waals surface area (Å²) in [7, 11) is 2.25. The third-order valence-corrected chi connectivity index (χ3v) is 5.33. The molecule has 3 nitrogen and oxygen atoms in total. The summed E-state index contributed by atoms with van der Waals surface area (Å²) in [6.07, 6.45) is 8.86. The van der Waals surface area contributed by atoms with Gasteiger partial charge in [0.15, 0.2) is 0 Å². The van der Waals surface area contributed by atoms with E-state index in [-0.39, 0.29) is 0 Å². The Morgan fingerprint density at radius 1 is 1.23 bits per heavy atom. The van der Waals surface area contributed by atoms with Gasteiger partial charge in [0.25, 0.3) is 0 Å². The summed E-state index contributed by atoms with van der Waals surface area (Å²) >= 11 is 0. The van der Waals surface area contributed by atoms with Crippen LogP contribution in [0.1, 0.15) is 37.2 Å². The second-order valence-electron chi connectivity index (χ2n) is 6.51. The van der Waals surface area contributed by atoms with Gasteiger partial charge in [0, 0.05) is 36.0 Å². The summed E-state index contributed by atoms with van der Waals surface area (Å²) in [4.78, 5) is 10.9.